The first kappa shape index (κ1) is 12.4. The molecule has 0 amide bonds. The lowest BCUT2D eigenvalue weighted by molar-refractivity contribution is 0.566. The van der Waals surface area contributed by atoms with Gasteiger partial charge in [0.1, 0.15) is 0 Å². The van der Waals surface area contributed by atoms with Gasteiger partial charge in [-0.25, -0.2) is 0 Å². The Balaban J connectivity index is 1.72. The minimum Gasteiger partial charge on any atom is -0.353 e. The maximum Gasteiger partial charge on any atom is 0.0679 e. The molecule has 2 nitrogen and oxygen atoms in total. The molecule has 2 heterocycles. The van der Waals surface area contributed by atoms with E-state index in [1.54, 1.807) is 0 Å². The molecule has 0 bridgehead atoms. The van der Waals surface area contributed by atoms with Gasteiger partial charge in [-0.05, 0) is 34.8 Å². The van der Waals surface area contributed by atoms with Crippen LogP contribution in [0.2, 0.25) is 0 Å². The maximum atomic E-state index is 3.61. The molecule has 0 aliphatic carbocycles. The highest BCUT2D eigenvalue weighted by Crippen LogP contribution is 2.31. The summed E-state index contributed by atoms with van der Waals surface area (Å²) >= 11 is 0. The van der Waals surface area contributed by atoms with Gasteiger partial charge in [0.05, 0.1) is 12.2 Å². The number of para-hydroxylation sites is 1. The molecule has 0 spiro atoms. The Bertz CT molecular complexity index is 728. The normalized spacial score (nSPS) is 19.8. The Morgan fingerprint density at radius 2 is 1.81 bits per heavy atom. The Labute approximate surface area is 125 Å². The SMILES string of the molecule is [C]1=C(C2NCCc3ccccc32)C=Cc2ccccc2N1. The third-order valence-corrected chi connectivity index (χ3v) is 4.16. The summed E-state index contributed by atoms with van der Waals surface area (Å²) in [6, 6.07) is 17.2. The summed E-state index contributed by atoms with van der Waals surface area (Å²) in [5.41, 5.74) is 6.25. The smallest absolute Gasteiger partial charge is 0.0679 e. The predicted molar refractivity (Wildman–Crippen MR) is 86.7 cm³/mol. The summed E-state index contributed by atoms with van der Waals surface area (Å²) in [4.78, 5) is 0. The van der Waals surface area contributed by atoms with E-state index in [1.165, 1.54) is 16.7 Å². The van der Waals surface area contributed by atoms with Gasteiger partial charge in [-0.1, -0.05) is 54.6 Å². The second-order valence-electron chi connectivity index (χ2n) is 5.46. The zero-order chi connectivity index (χ0) is 14.1. The number of benzene rings is 2. The highest BCUT2D eigenvalue weighted by Gasteiger charge is 2.22. The van der Waals surface area contributed by atoms with E-state index < -0.39 is 0 Å². The molecular weight excluding hydrogens is 256 g/mol. The molecule has 1 atom stereocenters. The van der Waals surface area contributed by atoms with Crippen LogP contribution in [-0.2, 0) is 6.42 Å². The van der Waals surface area contributed by atoms with Gasteiger partial charge >= 0.3 is 0 Å². The number of hydrogen-bond donors (Lipinski definition) is 2. The lowest BCUT2D eigenvalue weighted by Crippen LogP contribution is -2.30. The zero-order valence-corrected chi connectivity index (χ0v) is 11.8. The average molecular weight is 273 g/mol. The van der Waals surface area contributed by atoms with Crippen molar-refractivity contribution in [2.75, 3.05) is 11.9 Å². The van der Waals surface area contributed by atoms with E-state index in [1.807, 2.05) is 6.07 Å². The zero-order valence-electron chi connectivity index (χ0n) is 11.8. The molecule has 2 aromatic carbocycles. The Morgan fingerprint density at radius 3 is 2.81 bits per heavy atom. The maximum absolute atomic E-state index is 3.61. The minimum absolute atomic E-state index is 0.216. The van der Waals surface area contributed by atoms with Gasteiger partial charge in [-0.2, -0.15) is 0 Å². The van der Waals surface area contributed by atoms with Crippen molar-refractivity contribution >= 4 is 11.8 Å². The first-order valence-corrected chi connectivity index (χ1v) is 7.39. The van der Waals surface area contributed by atoms with Crippen molar-refractivity contribution in [2.45, 2.75) is 12.5 Å². The Kier molecular flexibility index (Phi) is 3.09. The fraction of sp³-hybridized carbons (Fsp3) is 0.158. The Hall–Kier alpha value is -2.32. The summed E-state index contributed by atoms with van der Waals surface area (Å²) in [6.45, 7) is 1.01. The number of hydrogen-bond acceptors (Lipinski definition) is 2. The van der Waals surface area contributed by atoms with E-state index in [0.29, 0.717) is 0 Å². The number of anilines is 1. The van der Waals surface area contributed by atoms with E-state index in [4.69, 9.17) is 0 Å². The molecule has 0 fully saturated rings. The molecule has 1 unspecified atom stereocenters. The summed E-state index contributed by atoms with van der Waals surface area (Å²) in [7, 11) is 0. The fourth-order valence-corrected chi connectivity index (χ4v) is 3.07. The summed E-state index contributed by atoms with van der Waals surface area (Å²) in [5.74, 6) is 0. The molecule has 4 rings (SSSR count). The molecule has 0 saturated heterocycles. The van der Waals surface area contributed by atoms with Crippen molar-refractivity contribution in [1.82, 2.24) is 5.32 Å². The van der Waals surface area contributed by atoms with Gasteiger partial charge < -0.3 is 10.6 Å². The molecule has 0 aromatic heterocycles. The van der Waals surface area contributed by atoms with Crippen LogP contribution in [0.15, 0.2) is 60.2 Å². The fourth-order valence-electron chi connectivity index (χ4n) is 3.07. The van der Waals surface area contributed by atoms with Gasteiger partial charge in [0.2, 0.25) is 0 Å². The van der Waals surface area contributed by atoms with Crippen molar-refractivity contribution in [3.63, 3.8) is 0 Å². The van der Waals surface area contributed by atoms with Crippen molar-refractivity contribution in [1.29, 1.82) is 0 Å². The van der Waals surface area contributed by atoms with E-state index in [0.717, 1.165) is 24.2 Å². The van der Waals surface area contributed by atoms with Crippen LogP contribution >= 0.6 is 0 Å². The van der Waals surface area contributed by atoms with Crippen LogP contribution in [0.4, 0.5) is 5.69 Å². The third kappa shape index (κ3) is 2.28. The van der Waals surface area contributed by atoms with Gasteiger partial charge in [-0.3, -0.25) is 0 Å². The molecule has 1 radical (unpaired) electrons. The highest BCUT2D eigenvalue weighted by molar-refractivity contribution is 5.70. The second kappa shape index (κ2) is 5.23. The van der Waals surface area contributed by atoms with E-state index >= 15 is 0 Å². The van der Waals surface area contributed by atoms with Crippen LogP contribution in [0.25, 0.3) is 6.08 Å². The molecule has 2 heteroatoms. The first-order valence-electron chi connectivity index (χ1n) is 7.39. The van der Waals surface area contributed by atoms with Crippen molar-refractivity contribution in [3.8, 4) is 0 Å². The largest absolute Gasteiger partial charge is 0.353 e. The van der Waals surface area contributed by atoms with E-state index in [9.17, 15) is 0 Å². The minimum atomic E-state index is 0.216. The van der Waals surface area contributed by atoms with Crippen LogP contribution in [0.1, 0.15) is 22.7 Å². The highest BCUT2D eigenvalue weighted by atomic mass is 14.9. The van der Waals surface area contributed by atoms with Crippen LogP contribution in [0.3, 0.4) is 0 Å². The quantitative estimate of drug-likeness (QED) is 0.828. The molecule has 0 saturated carbocycles. The summed E-state index contributed by atoms with van der Waals surface area (Å²) in [5, 5.41) is 6.92. The number of fused-ring (bicyclic) bond motifs is 2. The van der Waals surface area contributed by atoms with Crippen LogP contribution in [-0.4, -0.2) is 6.54 Å². The number of rotatable bonds is 1. The predicted octanol–water partition coefficient (Wildman–Crippen LogP) is 3.70. The lowest BCUT2D eigenvalue weighted by Gasteiger charge is -2.27. The summed E-state index contributed by atoms with van der Waals surface area (Å²) in [6.07, 6.45) is 8.79. The molecule has 2 aliphatic rings. The molecule has 2 N–H and O–H groups in total. The standard InChI is InChI=1S/C19H17N2/c1-3-7-17-14(5-1)11-12-20-19(17)16-10-9-15-6-2-4-8-18(15)21-13-16/h1-10,19-21H,11-12H2. The average Bonchev–Trinajstić information content (AvgIpc) is 2.77. The topological polar surface area (TPSA) is 24.1 Å². The van der Waals surface area contributed by atoms with Gasteiger partial charge in [0.25, 0.3) is 0 Å². The van der Waals surface area contributed by atoms with Gasteiger partial charge in [0, 0.05) is 12.2 Å². The molecular formula is C19H17N2. The Morgan fingerprint density at radius 1 is 0.952 bits per heavy atom. The van der Waals surface area contributed by atoms with E-state index in [2.05, 4.69) is 71.5 Å². The van der Waals surface area contributed by atoms with E-state index in [-0.39, 0.29) is 6.04 Å². The number of nitrogens with one attached hydrogen (secondary N) is 2. The van der Waals surface area contributed by atoms with Crippen LogP contribution in [0.5, 0.6) is 0 Å². The van der Waals surface area contributed by atoms with Crippen molar-refractivity contribution in [2.24, 2.45) is 0 Å². The third-order valence-electron chi connectivity index (χ3n) is 4.16. The lowest BCUT2D eigenvalue weighted by atomic mass is 9.90. The molecule has 103 valence electrons. The van der Waals surface area contributed by atoms with Crippen molar-refractivity contribution in [3.05, 3.63) is 83.1 Å². The van der Waals surface area contributed by atoms with Gasteiger partial charge in [-0.15, -0.1) is 0 Å². The molecule has 2 aromatic rings. The van der Waals surface area contributed by atoms with Crippen LogP contribution < -0.4 is 10.6 Å². The van der Waals surface area contributed by atoms with Crippen LogP contribution in [0, 0.1) is 6.20 Å². The molecule has 21 heavy (non-hydrogen) atoms. The molecule has 2 aliphatic heterocycles. The second-order valence-corrected chi connectivity index (χ2v) is 5.46. The van der Waals surface area contributed by atoms with Crippen molar-refractivity contribution < 1.29 is 0 Å². The monoisotopic (exact) mass is 273 g/mol. The first-order chi connectivity index (χ1) is 10.4. The summed E-state index contributed by atoms with van der Waals surface area (Å²) < 4.78 is 0. The van der Waals surface area contributed by atoms with Gasteiger partial charge in [0.15, 0.2) is 0 Å².